The maximum atomic E-state index is 8.96. The van der Waals surface area contributed by atoms with E-state index in [2.05, 4.69) is 11.1 Å². The first-order valence-electron chi connectivity index (χ1n) is 4.92. The van der Waals surface area contributed by atoms with Crippen molar-refractivity contribution >= 4 is 11.1 Å². The molecule has 2 rings (SSSR count). The molecule has 14 heavy (non-hydrogen) atoms. The van der Waals surface area contributed by atoms with Crippen molar-refractivity contribution in [3.05, 3.63) is 29.6 Å². The highest BCUT2D eigenvalue weighted by atomic mass is 16.3. The van der Waals surface area contributed by atoms with Crippen molar-refractivity contribution in [2.75, 3.05) is 0 Å². The molecule has 2 aromatic heterocycles. The molecular weight excluding hydrogens is 176 g/mol. The van der Waals surface area contributed by atoms with Crippen LogP contribution in [-0.4, -0.2) is 4.98 Å². The molecule has 0 spiro atoms. The summed E-state index contributed by atoms with van der Waals surface area (Å²) in [6, 6.07) is 3.65. The van der Waals surface area contributed by atoms with E-state index in [1.807, 2.05) is 13.8 Å². The van der Waals surface area contributed by atoms with Gasteiger partial charge in [0.2, 0.25) is 0 Å². The molecule has 0 unspecified atom stereocenters. The fourth-order valence-corrected chi connectivity index (χ4v) is 1.54. The van der Waals surface area contributed by atoms with Crippen molar-refractivity contribution in [1.29, 1.82) is 5.26 Å². The second-order valence-electron chi connectivity index (χ2n) is 3.43. The predicted octanol–water partition coefficient (Wildman–Crippen LogP) is 2.82. The molecule has 0 saturated carbocycles. The van der Waals surface area contributed by atoms with Gasteiger partial charge in [0.05, 0.1) is 11.8 Å². The lowest BCUT2D eigenvalue weighted by Crippen LogP contribution is -1.94. The van der Waals surface area contributed by atoms with Crippen LogP contribution in [0.2, 0.25) is 0 Å². The van der Waals surface area contributed by atoms with Crippen molar-refractivity contribution in [3.8, 4) is 6.07 Å². The average Bonchev–Trinajstić information content (AvgIpc) is 2.55. The summed E-state index contributed by atoms with van der Waals surface area (Å²) in [7, 11) is 0. The van der Waals surface area contributed by atoms with E-state index in [0.29, 0.717) is 16.7 Å². The first-order chi connectivity index (χ1) is 7.13. The number of pyridine rings is 1. The molecule has 70 valence electrons. The lowest BCUT2D eigenvalue weighted by molar-refractivity contribution is 0.606. The van der Waals surface area contributed by atoms with E-state index in [1.165, 1.54) is 6.20 Å². The number of nitrogens with zero attached hydrogens (tertiary/aromatic N) is 2. The molecule has 0 aliphatic carbocycles. The normalized spacial score (nSPS) is 11.7. The van der Waals surface area contributed by atoms with Crippen LogP contribution < -0.4 is 0 Å². The first-order valence-corrected chi connectivity index (χ1v) is 4.42. The Morgan fingerprint density at radius 3 is 3.07 bits per heavy atom. The number of nitriles is 1. The summed E-state index contributed by atoms with van der Waals surface area (Å²) in [5, 5.41) is 8.96. The summed E-state index contributed by atoms with van der Waals surface area (Å²) >= 11 is 0. The molecule has 0 N–H and O–H groups in total. The lowest BCUT2D eigenvalue weighted by atomic mass is 9.99. The van der Waals surface area contributed by atoms with Gasteiger partial charge in [-0.05, 0) is 5.92 Å². The fourth-order valence-electron chi connectivity index (χ4n) is 1.54. The third kappa shape index (κ3) is 1.16. The molecule has 0 fully saturated rings. The highest BCUT2D eigenvalue weighted by Crippen LogP contribution is 2.27. The van der Waals surface area contributed by atoms with Crippen LogP contribution in [0.5, 0.6) is 0 Å². The molecule has 0 atom stereocenters. The Labute approximate surface area is 83.4 Å². The van der Waals surface area contributed by atoms with Gasteiger partial charge in [-0.3, -0.25) is 4.98 Å². The molecule has 2 heterocycles. The number of fused-ring (bicyclic) bond motifs is 1. The Kier molecular flexibility index (Phi) is 1.70. The SMILES string of the molecule is [2H]c1cc2ncc(C#N)c(C(C)C)c2o1. The molecule has 0 aliphatic heterocycles. The molecule has 0 aliphatic rings. The van der Waals surface area contributed by atoms with Crippen LogP contribution in [0.25, 0.3) is 11.1 Å². The predicted molar refractivity (Wildman–Crippen MR) is 52.8 cm³/mol. The maximum Gasteiger partial charge on any atom is 0.157 e. The Morgan fingerprint density at radius 2 is 2.43 bits per heavy atom. The van der Waals surface area contributed by atoms with Crippen molar-refractivity contribution in [2.45, 2.75) is 19.8 Å². The second kappa shape index (κ2) is 3.15. The number of rotatable bonds is 1. The topological polar surface area (TPSA) is 49.8 Å². The summed E-state index contributed by atoms with van der Waals surface area (Å²) in [6.07, 6.45) is 1.61. The quantitative estimate of drug-likeness (QED) is 0.689. The number of aromatic nitrogens is 1. The van der Waals surface area contributed by atoms with E-state index < -0.39 is 0 Å². The zero-order valence-electron chi connectivity index (χ0n) is 9.03. The van der Waals surface area contributed by atoms with Crippen LogP contribution in [0.4, 0.5) is 0 Å². The van der Waals surface area contributed by atoms with Gasteiger partial charge in [0.1, 0.15) is 13.0 Å². The fraction of sp³-hybridized carbons (Fsp3) is 0.273. The minimum Gasteiger partial charge on any atom is -0.462 e. The Hall–Kier alpha value is -1.82. The van der Waals surface area contributed by atoms with Crippen LogP contribution in [-0.2, 0) is 0 Å². The molecular formula is C11H10N2O. The monoisotopic (exact) mass is 187 g/mol. The zero-order valence-corrected chi connectivity index (χ0v) is 8.03. The standard InChI is InChI=1S/C11H10N2O/c1-7(2)10-8(5-12)6-13-9-3-4-14-11(9)10/h3-4,6-7H,1-2H3/i4D. The molecule has 3 heteroatoms. The largest absolute Gasteiger partial charge is 0.462 e. The van der Waals surface area contributed by atoms with E-state index >= 15 is 0 Å². The molecule has 0 bridgehead atoms. The third-order valence-electron chi connectivity index (χ3n) is 2.15. The Bertz CT molecular complexity index is 551. The molecule has 0 radical (unpaired) electrons. The summed E-state index contributed by atoms with van der Waals surface area (Å²) < 4.78 is 12.7. The van der Waals surface area contributed by atoms with Crippen LogP contribution in [0.3, 0.4) is 0 Å². The summed E-state index contributed by atoms with van der Waals surface area (Å²) in [5.41, 5.74) is 2.56. The zero-order chi connectivity index (χ0) is 11.0. The number of hydrogen-bond donors (Lipinski definition) is 0. The van der Waals surface area contributed by atoms with E-state index in [9.17, 15) is 0 Å². The second-order valence-corrected chi connectivity index (χ2v) is 3.43. The molecule has 3 nitrogen and oxygen atoms in total. The van der Waals surface area contributed by atoms with E-state index in [-0.39, 0.29) is 12.2 Å². The lowest BCUT2D eigenvalue weighted by Gasteiger charge is -2.07. The van der Waals surface area contributed by atoms with Gasteiger partial charge in [-0.2, -0.15) is 5.26 Å². The molecule has 2 aromatic rings. The van der Waals surface area contributed by atoms with E-state index in [1.54, 1.807) is 6.07 Å². The number of furan rings is 1. The van der Waals surface area contributed by atoms with Crippen LogP contribution >= 0.6 is 0 Å². The highest BCUT2D eigenvalue weighted by molar-refractivity contribution is 5.78. The minimum atomic E-state index is 0.0782. The van der Waals surface area contributed by atoms with Gasteiger partial charge in [0, 0.05) is 17.8 Å². The van der Waals surface area contributed by atoms with Gasteiger partial charge in [-0.25, -0.2) is 0 Å². The Morgan fingerprint density at radius 1 is 1.64 bits per heavy atom. The van der Waals surface area contributed by atoms with Crippen molar-refractivity contribution in [3.63, 3.8) is 0 Å². The smallest absolute Gasteiger partial charge is 0.157 e. The van der Waals surface area contributed by atoms with E-state index in [0.717, 1.165) is 5.56 Å². The first kappa shape index (κ1) is 7.57. The highest BCUT2D eigenvalue weighted by Gasteiger charge is 2.14. The van der Waals surface area contributed by atoms with Gasteiger partial charge < -0.3 is 4.42 Å². The maximum absolute atomic E-state index is 8.96. The van der Waals surface area contributed by atoms with Crippen molar-refractivity contribution in [2.24, 2.45) is 0 Å². The third-order valence-corrected chi connectivity index (χ3v) is 2.15. The molecule has 0 aromatic carbocycles. The van der Waals surface area contributed by atoms with Crippen molar-refractivity contribution < 1.29 is 5.79 Å². The molecule has 0 saturated heterocycles. The summed E-state index contributed by atoms with van der Waals surface area (Å²) in [4.78, 5) is 4.08. The summed E-state index contributed by atoms with van der Waals surface area (Å²) in [5.74, 6) is 0.177. The average molecular weight is 187 g/mol. The minimum absolute atomic E-state index is 0.0782. The van der Waals surface area contributed by atoms with Gasteiger partial charge >= 0.3 is 0 Å². The Balaban J connectivity index is 2.85. The van der Waals surface area contributed by atoms with Crippen molar-refractivity contribution in [1.82, 2.24) is 4.98 Å². The van der Waals surface area contributed by atoms with Gasteiger partial charge in [-0.15, -0.1) is 0 Å². The van der Waals surface area contributed by atoms with Crippen LogP contribution in [0.1, 0.15) is 32.3 Å². The number of hydrogen-bond acceptors (Lipinski definition) is 3. The molecule has 0 amide bonds. The van der Waals surface area contributed by atoms with Crippen LogP contribution in [0, 0.1) is 11.3 Å². The van der Waals surface area contributed by atoms with Gasteiger partial charge in [0.25, 0.3) is 0 Å². The van der Waals surface area contributed by atoms with E-state index in [4.69, 9.17) is 11.0 Å². The van der Waals surface area contributed by atoms with Crippen LogP contribution in [0.15, 0.2) is 22.9 Å². The van der Waals surface area contributed by atoms with Gasteiger partial charge in [-0.1, -0.05) is 13.8 Å². The summed E-state index contributed by atoms with van der Waals surface area (Å²) in [6.45, 7) is 3.98. The van der Waals surface area contributed by atoms with Gasteiger partial charge in [0.15, 0.2) is 5.58 Å².